The second-order valence-corrected chi connectivity index (χ2v) is 4.30. The van der Waals surface area contributed by atoms with E-state index in [-0.39, 0.29) is 11.9 Å². The van der Waals surface area contributed by atoms with Crippen LogP contribution < -0.4 is 5.32 Å². The third kappa shape index (κ3) is 2.27. The Labute approximate surface area is 97.1 Å². The van der Waals surface area contributed by atoms with Gasteiger partial charge in [-0.15, -0.1) is 11.3 Å². The maximum absolute atomic E-state index is 11.8. The van der Waals surface area contributed by atoms with Crippen molar-refractivity contribution in [1.29, 1.82) is 0 Å². The lowest BCUT2D eigenvalue weighted by molar-refractivity contribution is -0.119. The third-order valence-electron chi connectivity index (χ3n) is 2.15. The van der Waals surface area contributed by atoms with Crippen molar-refractivity contribution in [2.75, 3.05) is 5.32 Å². The zero-order chi connectivity index (χ0) is 11.5. The Balaban J connectivity index is 2.03. The summed E-state index contributed by atoms with van der Waals surface area (Å²) in [7, 11) is 0. The lowest BCUT2D eigenvalue weighted by atomic mass is 10.3. The number of hydrogen-bond acceptors (Lipinski definition) is 4. The van der Waals surface area contributed by atoms with Gasteiger partial charge >= 0.3 is 0 Å². The molecule has 0 fully saturated rings. The summed E-state index contributed by atoms with van der Waals surface area (Å²) < 4.78 is 1.61. The molecule has 0 aromatic carbocycles. The molecule has 0 saturated carbocycles. The lowest BCUT2D eigenvalue weighted by Crippen LogP contribution is -2.23. The topological polar surface area (TPSA) is 59.8 Å². The lowest BCUT2D eigenvalue weighted by Gasteiger charge is -2.10. The molecule has 0 aliphatic heterocycles. The van der Waals surface area contributed by atoms with Gasteiger partial charge in [-0.1, -0.05) is 0 Å². The van der Waals surface area contributed by atoms with Crippen LogP contribution in [-0.4, -0.2) is 20.7 Å². The number of thiazole rings is 1. The van der Waals surface area contributed by atoms with Gasteiger partial charge in [0.15, 0.2) is 5.13 Å². The first-order chi connectivity index (χ1) is 7.66. The van der Waals surface area contributed by atoms with E-state index in [1.807, 2.05) is 12.3 Å². The molecule has 0 bridgehead atoms. The molecule has 1 N–H and O–H groups in total. The fourth-order valence-corrected chi connectivity index (χ4v) is 1.94. The van der Waals surface area contributed by atoms with E-state index < -0.39 is 0 Å². The number of aromatic nitrogens is 3. The molecule has 2 rings (SSSR count). The Morgan fingerprint density at radius 3 is 3.00 bits per heavy atom. The van der Waals surface area contributed by atoms with E-state index in [9.17, 15) is 4.79 Å². The van der Waals surface area contributed by atoms with Crippen molar-refractivity contribution >= 4 is 22.4 Å². The molecule has 2 heterocycles. The molecule has 0 aliphatic carbocycles. The van der Waals surface area contributed by atoms with Crippen molar-refractivity contribution < 1.29 is 4.79 Å². The van der Waals surface area contributed by atoms with E-state index in [1.165, 1.54) is 11.3 Å². The first kappa shape index (κ1) is 10.8. The van der Waals surface area contributed by atoms with Crippen molar-refractivity contribution in [3.05, 3.63) is 29.5 Å². The largest absolute Gasteiger partial charge is 0.300 e. The minimum atomic E-state index is -0.334. The summed E-state index contributed by atoms with van der Waals surface area (Å²) in [6.07, 6.45) is 3.41. The average Bonchev–Trinajstić information content (AvgIpc) is 2.88. The van der Waals surface area contributed by atoms with Gasteiger partial charge in [-0.25, -0.2) is 4.98 Å². The van der Waals surface area contributed by atoms with E-state index >= 15 is 0 Å². The van der Waals surface area contributed by atoms with Crippen molar-refractivity contribution in [3.8, 4) is 0 Å². The fourth-order valence-electron chi connectivity index (χ4n) is 1.25. The number of carbonyl (C=O) groups excluding carboxylic acids is 1. The molecular formula is C10H12N4OS. The molecule has 0 saturated heterocycles. The van der Waals surface area contributed by atoms with Gasteiger partial charge in [-0.2, -0.15) is 5.10 Å². The minimum Gasteiger partial charge on any atom is -0.300 e. The van der Waals surface area contributed by atoms with Crippen molar-refractivity contribution in [2.45, 2.75) is 19.9 Å². The monoisotopic (exact) mass is 236 g/mol. The molecule has 0 radical (unpaired) electrons. The summed E-state index contributed by atoms with van der Waals surface area (Å²) in [4.78, 5) is 16.0. The number of amides is 1. The predicted octanol–water partition coefficient (Wildman–Crippen LogP) is 1.85. The molecule has 0 unspecified atom stereocenters. The van der Waals surface area contributed by atoms with Crippen LogP contribution in [0, 0.1) is 6.92 Å². The molecule has 1 amide bonds. The molecule has 16 heavy (non-hydrogen) atoms. The molecule has 84 valence electrons. The summed E-state index contributed by atoms with van der Waals surface area (Å²) in [6.45, 7) is 3.69. The highest BCUT2D eigenvalue weighted by molar-refractivity contribution is 7.13. The van der Waals surface area contributed by atoms with E-state index in [2.05, 4.69) is 15.4 Å². The minimum absolute atomic E-state index is 0.113. The zero-order valence-electron chi connectivity index (χ0n) is 9.04. The first-order valence-corrected chi connectivity index (χ1v) is 5.77. The normalized spacial score (nSPS) is 12.4. The van der Waals surface area contributed by atoms with E-state index in [4.69, 9.17) is 0 Å². The van der Waals surface area contributed by atoms with Crippen molar-refractivity contribution in [3.63, 3.8) is 0 Å². The summed E-state index contributed by atoms with van der Waals surface area (Å²) in [5, 5.41) is 9.30. The van der Waals surface area contributed by atoms with Gasteiger partial charge < -0.3 is 5.32 Å². The van der Waals surface area contributed by atoms with Gasteiger partial charge in [0.2, 0.25) is 0 Å². The SMILES string of the molecule is Cc1csc(NC(=O)[C@@H](C)n2cccn2)n1. The van der Waals surface area contributed by atoms with Gasteiger partial charge in [-0.3, -0.25) is 9.48 Å². The third-order valence-corrected chi connectivity index (χ3v) is 3.03. The van der Waals surface area contributed by atoms with E-state index in [1.54, 1.807) is 30.1 Å². The fraction of sp³-hybridized carbons (Fsp3) is 0.300. The molecule has 1 atom stereocenters. The Morgan fingerprint density at radius 1 is 1.62 bits per heavy atom. The highest BCUT2D eigenvalue weighted by Gasteiger charge is 2.15. The van der Waals surface area contributed by atoms with Gasteiger partial charge in [0.25, 0.3) is 5.91 Å². The summed E-state index contributed by atoms with van der Waals surface area (Å²) in [5.41, 5.74) is 0.909. The number of nitrogens with zero attached hydrogens (tertiary/aromatic N) is 3. The Bertz CT molecular complexity index is 477. The predicted molar refractivity (Wildman–Crippen MR) is 62.4 cm³/mol. The molecule has 6 heteroatoms. The van der Waals surface area contributed by atoms with Crippen LogP contribution >= 0.6 is 11.3 Å². The van der Waals surface area contributed by atoms with Crippen LogP contribution in [0.5, 0.6) is 0 Å². The molecule has 0 aliphatic rings. The molecule has 5 nitrogen and oxygen atoms in total. The van der Waals surface area contributed by atoms with Gasteiger partial charge in [0.1, 0.15) is 6.04 Å². The summed E-state index contributed by atoms with van der Waals surface area (Å²) in [6, 6.07) is 1.45. The van der Waals surface area contributed by atoms with Crippen LogP contribution in [0.15, 0.2) is 23.8 Å². The molecule has 2 aromatic rings. The van der Waals surface area contributed by atoms with Crippen LogP contribution in [0.2, 0.25) is 0 Å². The quantitative estimate of drug-likeness (QED) is 0.884. The van der Waals surface area contributed by atoms with Gasteiger partial charge in [-0.05, 0) is 19.9 Å². The number of hydrogen-bond donors (Lipinski definition) is 1. The summed E-state index contributed by atoms with van der Waals surface area (Å²) in [5.74, 6) is -0.113. The average molecular weight is 236 g/mol. The smallest absolute Gasteiger partial charge is 0.250 e. The van der Waals surface area contributed by atoms with Crippen LogP contribution in [0.1, 0.15) is 18.7 Å². The second-order valence-electron chi connectivity index (χ2n) is 3.45. The number of anilines is 1. The van der Waals surface area contributed by atoms with Crippen molar-refractivity contribution in [1.82, 2.24) is 14.8 Å². The second kappa shape index (κ2) is 4.44. The summed E-state index contributed by atoms with van der Waals surface area (Å²) >= 11 is 1.42. The maximum atomic E-state index is 11.8. The van der Waals surface area contributed by atoms with Gasteiger partial charge in [0.05, 0.1) is 5.69 Å². The number of nitrogens with one attached hydrogen (secondary N) is 1. The van der Waals surface area contributed by atoms with Crippen LogP contribution in [0.3, 0.4) is 0 Å². The maximum Gasteiger partial charge on any atom is 0.250 e. The molecular weight excluding hydrogens is 224 g/mol. The van der Waals surface area contributed by atoms with Crippen LogP contribution in [-0.2, 0) is 4.79 Å². The molecule has 0 spiro atoms. The molecule has 2 aromatic heterocycles. The van der Waals surface area contributed by atoms with Crippen molar-refractivity contribution in [2.24, 2.45) is 0 Å². The van der Waals surface area contributed by atoms with E-state index in [0.29, 0.717) is 5.13 Å². The Hall–Kier alpha value is -1.69. The van der Waals surface area contributed by atoms with Crippen LogP contribution in [0.25, 0.3) is 0 Å². The van der Waals surface area contributed by atoms with Crippen LogP contribution in [0.4, 0.5) is 5.13 Å². The Kier molecular flexibility index (Phi) is 3.00. The van der Waals surface area contributed by atoms with Gasteiger partial charge in [0, 0.05) is 17.8 Å². The number of carbonyl (C=O) groups is 1. The number of rotatable bonds is 3. The number of aryl methyl sites for hydroxylation is 1. The zero-order valence-corrected chi connectivity index (χ0v) is 9.86. The Morgan fingerprint density at radius 2 is 2.44 bits per heavy atom. The highest BCUT2D eigenvalue weighted by Crippen LogP contribution is 2.16. The highest BCUT2D eigenvalue weighted by atomic mass is 32.1. The standard InChI is InChI=1S/C10H12N4OS/c1-7-6-16-10(12-7)13-9(15)8(2)14-5-3-4-11-14/h3-6,8H,1-2H3,(H,12,13,15)/t8-/m1/s1. The first-order valence-electron chi connectivity index (χ1n) is 4.89. The van der Waals surface area contributed by atoms with E-state index in [0.717, 1.165) is 5.69 Å².